The molecule has 1 aliphatic heterocycles. The molecule has 2 aromatic heterocycles. The van der Waals surface area contributed by atoms with Crippen LogP contribution in [0.3, 0.4) is 0 Å². The van der Waals surface area contributed by atoms with Gasteiger partial charge in [-0.2, -0.15) is 0 Å². The molecule has 3 rings (SSSR count). The van der Waals surface area contributed by atoms with Crippen LogP contribution >= 0.6 is 11.3 Å². The fourth-order valence-electron chi connectivity index (χ4n) is 2.91. The van der Waals surface area contributed by atoms with Crippen LogP contribution in [0.15, 0.2) is 28.5 Å². The van der Waals surface area contributed by atoms with Crippen molar-refractivity contribution in [3.8, 4) is 0 Å². The van der Waals surface area contributed by atoms with Crippen LogP contribution in [0.4, 0.5) is 0 Å². The summed E-state index contributed by atoms with van der Waals surface area (Å²) in [4.78, 5) is 26.3. The number of carbonyl (C=O) groups is 1. The third kappa shape index (κ3) is 3.18. The number of nitrogens with zero attached hydrogens (tertiary/aromatic N) is 2. The van der Waals surface area contributed by atoms with Gasteiger partial charge in [0.15, 0.2) is 5.43 Å². The number of hydrogen-bond acceptors (Lipinski definition) is 3. The highest BCUT2D eigenvalue weighted by Crippen LogP contribution is 2.17. The van der Waals surface area contributed by atoms with Crippen LogP contribution in [0.25, 0.3) is 10.2 Å². The minimum absolute atomic E-state index is 0.0370. The van der Waals surface area contributed by atoms with Crippen molar-refractivity contribution < 1.29 is 4.79 Å². The number of pyridine rings is 1. The maximum atomic E-state index is 12.5. The van der Waals surface area contributed by atoms with Gasteiger partial charge in [-0.15, -0.1) is 11.3 Å². The van der Waals surface area contributed by atoms with Crippen LogP contribution in [0, 0.1) is 0 Å². The quantitative estimate of drug-likeness (QED) is 0.856. The Labute approximate surface area is 128 Å². The molecule has 0 saturated carbocycles. The molecule has 3 heterocycles. The highest BCUT2D eigenvalue weighted by atomic mass is 32.1. The summed E-state index contributed by atoms with van der Waals surface area (Å²) in [6.45, 7) is 2.06. The molecule has 4 nitrogen and oxygen atoms in total. The highest BCUT2D eigenvalue weighted by Gasteiger charge is 2.16. The zero-order chi connectivity index (χ0) is 14.7. The molecule has 112 valence electrons. The maximum absolute atomic E-state index is 12.5. The van der Waals surface area contributed by atoms with Crippen LogP contribution in [0.1, 0.15) is 32.1 Å². The Morgan fingerprint density at radius 1 is 1.10 bits per heavy atom. The summed E-state index contributed by atoms with van der Waals surface area (Å²) in [6, 6.07) is 3.47. The van der Waals surface area contributed by atoms with E-state index in [1.165, 1.54) is 30.6 Å². The summed E-state index contributed by atoms with van der Waals surface area (Å²) in [5.41, 5.74) is 0.905. The molecule has 0 radical (unpaired) electrons. The summed E-state index contributed by atoms with van der Waals surface area (Å²) in [5, 5.41) is 1.91. The number of hydrogen-bond donors (Lipinski definition) is 0. The van der Waals surface area contributed by atoms with Crippen molar-refractivity contribution in [2.75, 3.05) is 13.1 Å². The van der Waals surface area contributed by atoms with Crippen LogP contribution in [-0.4, -0.2) is 28.5 Å². The molecule has 0 spiro atoms. The molecule has 0 N–H and O–H groups in total. The van der Waals surface area contributed by atoms with Crippen molar-refractivity contribution in [1.29, 1.82) is 0 Å². The Balaban J connectivity index is 1.77. The Hall–Kier alpha value is -1.62. The lowest BCUT2D eigenvalue weighted by Crippen LogP contribution is -2.36. The first-order valence-electron chi connectivity index (χ1n) is 7.60. The van der Waals surface area contributed by atoms with E-state index in [9.17, 15) is 9.59 Å². The molecule has 0 aromatic carbocycles. The van der Waals surface area contributed by atoms with Gasteiger partial charge >= 0.3 is 0 Å². The van der Waals surface area contributed by atoms with Crippen molar-refractivity contribution >= 4 is 27.5 Å². The number of likely N-dealkylation sites (tertiary alicyclic amines) is 1. The molecule has 1 fully saturated rings. The predicted octanol–water partition coefficient (Wildman–Crippen LogP) is 2.86. The van der Waals surface area contributed by atoms with Gasteiger partial charge in [0, 0.05) is 25.4 Å². The SMILES string of the molecule is O=C(Cn1ccc(=O)c2sccc21)N1CCCCCCC1. The Morgan fingerprint density at radius 2 is 1.81 bits per heavy atom. The van der Waals surface area contributed by atoms with E-state index in [2.05, 4.69) is 0 Å². The van der Waals surface area contributed by atoms with Crippen LogP contribution in [0.2, 0.25) is 0 Å². The van der Waals surface area contributed by atoms with Gasteiger partial charge in [0.05, 0.1) is 10.2 Å². The van der Waals surface area contributed by atoms with E-state index in [4.69, 9.17) is 0 Å². The predicted molar refractivity (Wildman–Crippen MR) is 85.8 cm³/mol. The van der Waals surface area contributed by atoms with Crippen molar-refractivity contribution in [3.05, 3.63) is 33.9 Å². The van der Waals surface area contributed by atoms with Gasteiger partial charge in [-0.3, -0.25) is 9.59 Å². The van der Waals surface area contributed by atoms with Gasteiger partial charge in [-0.1, -0.05) is 19.3 Å². The molecule has 5 heteroatoms. The van der Waals surface area contributed by atoms with E-state index < -0.39 is 0 Å². The van der Waals surface area contributed by atoms with Gasteiger partial charge in [0.1, 0.15) is 6.54 Å². The second kappa shape index (κ2) is 6.43. The first-order valence-corrected chi connectivity index (χ1v) is 8.48. The second-order valence-corrected chi connectivity index (χ2v) is 6.51. The molecule has 1 saturated heterocycles. The fraction of sp³-hybridized carbons (Fsp3) is 0.500. The highest BCUT2D eigenvalue weighted by molar-refractivity contribution is 7.17. The number of thiophene rings is 1. The summed E-state index contributed by atoms with van der Waals surface area (Å²) in [5.74, 6) is 0.160. The average Bonchev–Trinajstić information content (AvgIpc) is 2.92. The Kier molecular flexibility index (Phi) is 4.39. The van der Waals surface area contributed by atoms with Crippen LogP contribution in [0.5, 0.6) is 0 Å². The zero-order valence-corrected chi connectivity index (χ0v) is 12.9. The molecule has 21 heavy (non-hydrogen) atoms. The van der Waals surface area contributed by atoms with E-state index in [0.717, 1.165) is 36.1 Å². The number of carbonyl (C=O) groups excluding carboxylic acids is 1. The molecular weight excluding hydrogens is 284 g/mol. The van der Waals surface area contributed by atoms with Crippen molar-refractivity contribution in [3.63, 3.8) is 0 Å². The van der Waals surface area contributed by atoms with Gasteiger partial charge in [0.2, 0.25) is 5.91 Å². The molecule has 0 atom stereocenters. The first-order chi connectivity index (χ1) is 10.3. The fourth-order valence-corrected chi connectivity index (χ4v) is 3.73. The zero-order valence-electron chi connectivity index (χ0n) is 12.1. The Bertz CT molecular complexity index is 681. The monoisotopic (exact) mass is 304 g/mol. The smallest absolute Gasteiger partial charge is 0.242 e. The number of amides is 1. The molecule has 0 aliphatic carbocycles. The van der Waals surface area contributed by atoms with Crippen molar-refractivity contribution in [2.45, 2.75) is 38.6 Å². The molecule has 1 amide bonds. The summed E-state index contributed by atoms with van der Waals surface area (Å²) in [6.07, 6.45) is 7.66. The largest absolute Gasteiger partial charge is 0.341 e. The normalized spacial score (nSPS) is 16.7. The lowest BCUT2D eigenvalue weighted by molar-refractivity contribution is -0.132. The third-order valence-corrected chi connectivity index (χ3v) is 5.02. The molecule has 0 unspecified atom stereocenters. The number of fused-ring (bicyclic) bond motifs is 1. The van der Waals surface area contributed by atoms with E-state index in [-0.39, 0.29) is 11.3 Å². The lowest BCUT2D eigenvalue weighted by Gasteiger charge is -2.25. The summed E-state index contributed by atoms with van der Waals surface area (Å²) >= 11 is 1.44. The average molecular weight is 304 g/mol. The maximum Gasteiger partial charge on any atom is 0.242 e. The van der Waals surface area contributed by atoms with E-state index in [1.54, 1.807) is 12.3 Å². The topological polar surface area (TPSA) is 42.3 Å². The minimum atomic E-state index is 0.0370. The Morgan fingerprint density at radius 3 is 2.57 bits per heavy atom. The van der Waals surface area contributed by atoms with E-state index in [1.807, 2.05) is 20.9 Å². The molecular formula is C16H20N2O2S. The third-order valence-electron chi connectivity index (χ3n) is 4.10. The van der Waals surface area contributed by atoms with E-state index >= 15 is 0 Å². The van der Waals surface area contributed by atoms with Gasteiger partial charge < -0.3 is 9.47 Å². The summed E-state index contributed by atoms with van der Waals surface area (Å²) in [7, 11) is 0. The second-order valence-electron chi connectivity index (χ2n) is 5.59. The number of aromatic nitrogens is 1. The van der Waals surface area contributed by atoms with Crippen molar-refractivity contribution in [2.24, 2.45) is 0 Å². The van der Waals surface area contributed by atoms with Crippen LogP contribution < -0.4 is 5.43 Å². The molecule has 0 bridgehead atoms. The molecule has 2 aromatic rings. The van der Waals surface area contributed by atoms with Gasteiger partial charge in [0.25, 0.3) is 0 Å². The van der Waals surface area contributed by atoms with Crippen LogP contribution in [-0.2, 0) is 11.3 Å². The van der Waals surface area contributed by atoms with Crippen molar-refractivity contribution in [1.82, 2.24) is 9.47 Å². The standard InChI is InChI=1S/C16H20N2O2S/c19-14-6-10-18(13-7-11-21-16(13)14)12-15(20)17-8-4-2-1-3-5-9-17/h6-7,10-11H,1-5,8-9,12H2. The number of rotatable bonds is 2. The van der Waals surface area contributed by atoms with Gasteiger partial charge in [-0.25, -0.2) is 0 Å². The first kappa shape index (κ1) is 14.3. The summed E-state index contributed by atoms with van der Waals surface area (Å²) < 4.78 is 2.63. The lowest BCUT2D eigenvalue weighted by atomic mass is 10.1. The van der Waals surface area contributed by atoms with Gasteiger partial charge in [-0.05, 0) is 24.3 Å². The van der Waals surface area contributed by atoms with E-state index in [0.29, 0.717) is 6.54 Å². The minimum Gasteiger partial charge on any atom is -0.341 e. The molecule has 1 aliphatic rings.